The highest BCUT2D eigenvalue weighted by Crippen LogP contribution is 1.90. The van der Waals surface area contributed by atoms with E-state index in [1.165, 1.54) is 0 Å². The molecule has 15 heavy (non-hydrogen) atoms. The monoisotopic (exact) mass is 219 g/mol. The second kappa shape index (κ2) is 11.1. The number of hydrogen-bond donors (Lipinski definition) is 1. The first-order valence-electron chi connectivity index (χ1n) is 4.65. The summed E-state index contributed by atoms with van der Waals surface area (Å²) in [6.07, 6.45) is 0.654. The third kappa shape index (κ3) is 13.0. The van der Waals surface area contributed by atoms with E-state index in [0.717, 1.165) is 0 Å². The van der Waals surface area contributed by atoms with Crippen LogP contribution in [0.3, 0.4) is 0 Å². The fourth-order valence-corrected chi connectivity index (χ4v) is 0.765. The first-order chi connectivity index (χ1) is 7.27. The van der Waals surface area contributed by atoms with Gasteiger partial charge in [0.1, 0.15) is 13.5 Å². The molecule has 0 saturated heterocycles. The van der Waals surface area contributed by atoms with Crippen LogP contribution in [0.2, 0.25) is 0 Å². The van der Waals surface area contributed by atoms with Crippen molar-refractivity contribution < 1.29 is 24.1 Å². The van der Waals surface area contributed by atoms with Crippen molar-refractivity contribution in [2.75, 3.05) is 33.3 Å². The maximum Gasteiger partial charge on any atom is 0.303 e. The maximum atomic E-state index is 10.1. The number of aliphatic imine (C=N–C) groups is 1. The lowest BCUT2D eigenvalue weighted by Crippen LogP contribution is -2.08. The van der Waals surface area contributed by atoms with Crippen molar-refractivity contribution >= 4 is 12.7 Å². The summed E-state index contributed by atoms with van der Waals surface area (Å²) in [6.45, 7) is 4.92. The molecule has 0 rings (SSSR count). The lowest BCUT2D eigenvalue weighted by Gasteiger charge is -2.04. The summed E-state index contributed by atoms with van der Waals surface area (Å²) in [5.41, 5.74) is 0. The molecule has 0 bridgehead atoms. The number of carbonyl (C=O) groups is 1. The fourth-order valence-electron chi connectivity index (χ4n) is 0.765. The van der Waals surface area contributed by atoms with Crippen LogP contribution in [0.25, 0.3) is 0 Å². The van der Waals surface area contributed by atoms with E-state index < -0.39 is 5.97 Å². The van der Waals surface area contributed by atoms with E-state index in [0.29, 0.717) is 26.2 Å². The van der Waals surface area contributed by atoms with E-state index in [1.54, 1.807) is 0 Å². The van der Waals surface area contributed by atoms with Crippen LogP contribution >= 0.6 is 0 Å². The Hall–Kier alpha value is -0.980. The fraction of sp³-hybridized carbons (Fsp3) is 0.778. The molecule has 0 radical (unpaired) electrons. The van der Waals surface area contributed by atoms with Gasteiger partial charge in [-0.1, -0.05) is 0 Å². The van der Waals surface area contributed by atoms with Gasteiger partial charge in [-0.15, -0.1) is 0 Å². The second-order valence-electron chi connectivity index (χ2n) is 2.69. The summed E-state index contributed by atoms with van der Waals surface area (Å²) in [4.78, 5) is 13.6. The standard InChI is InChI=1S/C9H17NO5/c1-10-7-15-8-14-6-5-13-4-2-3-9(11)12/h1-8H2,(H,11,12). The third-order valence-corrected chi connectivity index (χ3v) is 1.40. The highest BCUT2D eigenvalue weighted by Gasteiger charge is 1.96. The SMILES string of the molecule is C=NCOCOCCOCCCC(=O)O. The number of nitrogens with zero attached hydrogens (tertiary/aromatic N) is 1. The topological polar surface area (TPSA) is 77.3 Å². The molecule has 6 nitrogen and oxygen atoms in total. The van der Waals surface area contributed by atoms with E-state index in [-0.39, 0.29) is 19.9 Å². The highest BCUT2D eigenvalue weighted by molar-refractivity contribution is 5.66. The third-order valence-electron chi connectivity index (χ3n) is 1.40. The van der Waals surface area contributed by atoms with Gasteiger partial charge in [0.25, 0.3) is 0 Å². The summed E-state index contributed by atoms with van der Waals surface area (Å²) in [5, 5.41) is 8.33. The van der Waals surface area contributed by atoms with E-state index in [1.807, 2.05) is 0 Å². The summed E-state index contributed by atoms with van der Waals surface area (Å²) < 4.78 is 15.0. The molecule has 0 aromatic rings. The summed E-state index contributed by atoms with van der Waals surface area (Å²) >= 11 is 0. The van der Waals surface area contributed by atoms with Gasteiger partial charge < -0.3 is 19.3 Å². The predicted molar refractivity (Wildman–Crippen MR) is 54.0 cm³/mol. The van der Waals surface area contributed by atoms with E-state index in [4.69, 9.17) is 19.3 Å². The molecule has 0 fully saturated rings. The molecule has 0 heterocycles. The van der Waals surface area contributed by atoms with Gasteiger partial charge in [-0.2, -0.15) is 0 Å². The van der Waals surface area contributed by atoms with E-state index in [2.05, 4.69) is 11.7 Å². The smallest absolute Gasteiger partial charge is 0.303 e. The Morgan fingerprint density at radius 3 is 2.60 bits per heavy atom. The average molecular weight is 219 g/mol. The van der Waals surface area contributed by atoms with Crippen molar-refractivity contribution in [1.82, 2.24) is 0 Å². The number of aliphatic carboxylic acids is 1. The van der Waals surface area contributed by atoms with Crippen LogP contribution < -0.4 is 0 Å². The Balaban J connectivity index is 2.92. The Morgan fingerprint density at radius 2 is 1.93 bits per heavy atom. The summed E-state index contributed by atoms with van der Waals surface area (Å²) in [6, 6.07) is 0. The van der Waals surface area contributed by atoms with Gasteiger partial charge in [-0.3, -0.25) is 9.79 Å². The van der Waals surface area contributed by atoms with Crippen LogP contribution in [0.4, 0.5) is 0 Å². The zero-order chi connectivity index (χ0) is 11.4. The molecule has 1 N–H and O–H groups in total. The molecule has 0 aliphatic heterocycles. The maximum absolute atomic E-state index is 10.1. The van der Waals surface area contributed by atoms with Gasteiger partial charge in [0.05, 0.1) is 13.2 Å². The summed E-state index contributed by atoms with van der Waals surface area (Å²) in [7, 11) is 0. The molecule has 0 saturated carbocycles. The number of rotatable bonds is 11. The molecule has 0 unspecified atom stereocenters. The van der Waals surface area contributed by atoms with Gasteiger partial charge in [0.15, 0.2) is 0 Å². The molecule has 0 spiro atoms. The Bertz CT molecular complexity index is 174. The van der Waals surface area contributed by atoms with E-state index >= 15 is 0 Å². The van der Waals surface area contributed by atoms with Crippen molar-refractivity contribution in [3.8, 4) is 0 Å². The first-order valence-corrected chi connectivity index (χ1v) is 4.65. The molecule has 0 aliphatic rings. The predicted octanol–water partition coefficient (Wildman–Crippen LogP) is 0.517. The Morgan fingerprint density at radius 1 is 1.20 bits per heavy atom. The normalized spacial score (nSPS) is 10.1. The lowest BCUT2D eigenvalue weighted by molar-refractivity contribution is -0.137. The van der Waals surface area contributed by atoms with Gasteiger partial charge in [0.2, 0.25) is 0 Å². The molecule has 0 aromatic heterocycles. The summed E-state index contributed by atoms with van der Waals surface area (Å²) in [5.74, 6) is -0.805. The molecule has 0 aliphatic carbocycles. The largest absolute Gasteiger partial charge is 0.481 e. The molecule has 0 amide bonds. The number of hydrogen-bond acceptors (Lipinski definition) is 5. The highest BCUT2D eigenvalue weighted by atomic mass is 16.7. The molecular formula is C9H17NO5. The van der Waals surface area contributed by atoms with Crippen molar-refractivity contribution in [2.45, 2.75) is 12.8 Å². The zero-order valence-electron chi connectivity index (χ0n) is 8.68. The molecule has 0 atom stereocenters. The quantitative estimate of drug-likeness (QED) is 0.311. The minimum absolute atomic E-state index is 0.134. The van der Waals surface area contributed by atoms with Gasteiger partial charge >= 0.3 is 5.97 Å². The van der Waals surface area contributed by atoms with Crippen LogP contribution in [0.15, 0.2) is 4.99 Å². The molecule has 6 heteroatoms. The van der Waals surface area contributed by atoms with E-state index in [9.17, 15) is 4.79 Å². The lowest BCUT2D eigenvalue weighted by atomic mass is 10.3. The van der Waals surface area contributed by atoms with Crippen molar-refractivity contribution in [3.05, 3.63) is 0 Å². The van der Waals surface area contributed by atoms with Crippen LogP contribution in [0.5, 0.6) is 0 Å². The second-order valence-corrected chi connectivity index (χ2v) is 2.69. The first kappa shape index (κ1) is 14.0. The molecular weight excluding hydrogens is 202 g/mol. The molecule has 0 aromatic carbocycles. The van der Waals surface area contributed by atoms with Gasteiger partial charge in [-0.25, -0.2) is 0 Å². The van der Waals surface area contributed by atoms with Crippen LogP contribution in [-0.2, 0) is 19.0 Å². The van der Waals surface area contributed by atoms with Crippen molar-refractivity contribution in [2.24, 2.45) is 4.99 Å². The zero-order valence-corrected chi connectivity index (χ0v) is 8.68. The van der Waals surface area contributed by atoms with Crippen LogP contribution in [0, 0.1) is 0 Å². The Kier molecular flexibility index (Phi) is 10.4. The van der Waals surface area contributed by atoms with Gasteiger partial charge in [0, 0.05) is 13.0 Å². The number of carboxylic acids is 1. The van der Waals surface area contributed by atoms with Gasteiger partial charge in [-0.05, 0) is 13.1 Å². The van der Waals surface area contributed by atoms with Crippen molar-refractivity contribution in [1.29, 1.82) is 0 Å². The minimum Gasteiger partial charge on any atom is -0.481 e. The number of ether oxygens (including phenoxy) is 3. The van der Waals surface area contributed by atoms with Crippen LogP contribution in [-0.4, -0.2) is 51.1 Å². The number of carboxylic acid groups (broad SMARTS) is 1. The molecule has 88 valence electrons. The van der Waals surface area contributed by atoms with Crippen molar-refractivity contribution in [3.63, 3.8) is 0 Å². The van der Waals surface area contributed by atoms with Crippen LogP contribution in [0.1, 0.15) is 12.8 Å². The Labute approximate surface area is 88.9 Å². The average Bonchev–Trinajstić information content (AvgIpc) is 2.20. The minimum atomic E-state index is -0.805.